The Bertz CT molecular complexity index is 603. The highest BCUT2D eigenvalue weighted by atomic mass is 16.6. The minimum Gasteiger partial charge on any atom is -0.481 e. The number of carboxylic acid groups (broad SMARTS) is 1. The number of carbonyl (C=O) groups excluding carboxylic acids is 2. The SMILES string of the molecule is C[C@@H](CCC(=O)O)C[C@](C=O)(CC(=O)OC(C)(C)C)Cc1ccccc1. The Balaban J connectivity index is 2.98. The molecule has 0 unspecified atom stereocenters. The van der Waals surface area contributed by atoms with Crippen LogP contribution in [0.2, 0.25) is 0 Å². The Morgan fingerprint density at radius 3 is 2.31 bits per heavy atom. The predicted molar refractivity (Wildman–Crippen MR) is 99.8 cm³/mol. The van der Waals surface area contributed by atoms with E-state index in [0.717, 1.165) is 11.8 Å². The molecule has 1 aromatic carbocycles. The number of hydrogen-bond acceptors (Lipinski definition) is 4. The lowest BCUT2D eigenvalue weighted by atomic mass is 9.73. The lowest BCUT2D eigenvalue weighted by molar-refractivity contribution is -0.159. The molecule has 1 rings (SSSR count). The van der Waals surface area contributed by atoms with Crippen LogP contribution in [0.15, 0.2) is 30.3 Å². The molecule has 0 amide bonds. The van der Waals surface area contributed by atoms with E-state index in [0.29, 0.717) is 19.3 Å². The van der Waals surface area contributed by atoms with Crippen LogP contribution in [-0.2, 0) is 25.5 Å². The normalized spacial score (nSPS) is 14.9. The molecule has 26 heavy (non-hydrogen) atoms. The maximum atomic E-state index is 12.4. The first-order valence-corrected chi connectivity index (χ1v) is 8.99. The number of ether oxygens (including phenoxy) is 1. The largest absolute Gasteiger partial charge is 0.481 e. The molecular formula is C21H30O5. The van der Waals surface area contributed by atoms with E-state index in [-0.39, 0.29) is 18.8 Å². The van der Waals surface area contributed by atoms with Gasteiger partial charge in [0.2, 0.25) is 0 Å². The minimum absolute atomic E-state index is 0.00227. The van der Waals surface area contributed by atoms with E-state index in [1.807, 2.05) is 37.3 Å². The van der Waals surface area contributed by atoms with Crippen LogP contribution in [-0.4, -0.2) is 28.9 Å². The van der Waals surface area contributed by atoms with Gasteiger partial charge in [-0.15, -0.1) is 0 Å². The molecule has 0 heterocycles. The van der Waals surface area contributed by atoms with Gasteiger partial charge in [-0.2, -0.15) is 0 Å². The van der Waals surface area contributed by atoms with Crippen LogP contribution in [0.25, 0.3) is 0 Å². The summed E-state index contributed by atoms with van der Waals surface area (Å²) in [5, 5.41) is 8.88. The summed E-state index contributed by atoms with van der Waals surface area (Å²) < 4.78 is 5.42. The molecule has 5 nitrogen and oxygen atoms in total. The van der Waals surface area contributed by atoms with Crippen LogP contribution < -0.4 is 0 Å². The average molecular weight is 362 g/mol. The van der Waals surface area contributed by atoms with Crippen molar-refractivity contribution in [1.82, 2.24) is 0 Å². The van der Waals surface area contributed by atoms with Gasteiger partial charge in [-0.05, 0) is 51.5 Å². The second-order valence-electron chi connectivity index (χ2n) is 8.15. The Labute approximate surface area is 155 Å². The van der Waals surface area contributed by atoms with Gasteiger partial charge in [0.05, 0.1) is 6.42 Å². The molecule has 0 aromatic heterocycles. The van der Waals surface area contributed by atoms with Gasteiger partial charge in [-0.1, -0.05) is 37.3 Å². The third-order valence-corrected chi connectivity index (χ3v) is 4.17. The summed E-state index contributed by atoms with van der Waals surface area (Å²) in [5.41, 5.74) is -0.553. The first kappa shape index (κ1) is 21.9. The summed E-state index contributed by atoms with van der Waals surface area (Å²) in [4.78, 5) is 35.3. The van der Waals surface area contributed by atoms with E-state index in [4.69, 9.17) is 9.84 Å². The number of esters is 1. The second kappa shape index (κ2) is 9.51. The van der Waals surface area contributed by atoms with Crippen LogP contribution in [0.1, 0.15) is 58.9 Å². The van der Waals surface area contributed by atoms with E-state index in [1.54, 1.807) is 20.8 Å². The zero-order valence-corrected chi connectivity index (χ0v) is 16.2. The summed E-state index contributed by atoms with van der Waals surface area (Å²) in [6, 6.07) is 9.54. The van der Waals surface area contributed by atoms with Gasteiger partial charge in [0.15, 0.2) is 0 Å². The zero-order chi connectivity index (χ0) is 19.8. The van der Waals surface area contributed by atoms with Gasteiger partial charge in [0.25, 0.3) is 0 Å². The van der Waals surface area contributed by atoms with Crippen molar-refractivity contribution in [3.8, 4) is 0 Å². The van der Waals surface area contributed by atoms with Gasteiger partial charge in [0, 0.05) is 11.8 Å². The van der Waals surface area contributed by atoms with E-state index in [2.05, 4.69) is 0 Å². The Morgan fingerprint density at radius 1 is 1.19 bits per heavy atom. The molecule has 0 spiro atoms. The Kier molecular flexibility index (Phi) is 8.00. The number of aldehydes is 1. The van der Waals surface area contributed by atoms with Crippen LogP contribution in [0.3, 0.4) is 0 Å². The molecule has 0 saturated carbocycles. The second-order valence-corrected chi connectivity index (χ2v) is 8.15. The fourth-order valence-corrected chi connectivity index (χ4v) is 3.17. The van der Waals surface area contributed by atoms with E-state index in [1.165, 1.54) is 0 Å². The first-order valence-electron chi connectivity index (χ1n) is 8.99. The zero-order valence-electron chi connectivity index (χ0n) is 16.2. The van der Waals surface area contributed by atoms with Gasteiger partial charge >= 0.3 is 11.9 Å². The van der Waals surface area contributed by atoms with E-state index >= 15 is 0 Å². The number of hydrogen-bond donors (Lipinski definition) is 1. The molecular weight excluding hydrogens is 332 g/mol. The molecule has 0 aliphatic rings. The molecule has 0 bridgehead atoms. The van der Waals surface area contributed by atoms with Gasteiger partial charge in [0.1, 0.15) is 11.9 Å². The van der Waals surface area contributed by atoms with Crippen molar-refractivity contribution in [1.29, 1.82) is 0 Å². The highest BCUT2D eigenvalue weighted by Gasteiger charge is 2.36. The molecule has 0 radical (unpaired) electrons. The van der Waals surface area contributed by atoms with Gasteiger partial charge in [-0.3, -0.25) is 9.59 Å². The smallest absolute Gasteiger partial charge is 0.307 e. The Hall–Kier alpha value is -2.17. The lowest BCUT2D eigenvalue weighted by Crippen LogP contribution is -2.34. The van der Waals surface area contributed by atoms with Crippen LogP contribution in [0.5, 0.6) is 0 Å². The summed E-state index contributed by atoms with van der Waals surface area (Å²) in [5.74, 6) is -1.27. The molecule has 0 fully saturated rings. The Morgan fingerprint density at radius 2 is 1.81 bits per heavy atom. The number of benzene rings is 1. The van der Waals surface area contributed by atoms with E-state index in [9.17, 15) is 14.4 Å². The van der Waals surface area contributed by atoms with Crippen molar-refractivity contribution >= 4 is 18.2 Å². The topological polar surface area (TPSA) is 80.7 Å². The molecule has 0 aliphatic carbocycles. The number of rotatable bonds is 10. The fraction of sp³-hybridized carbons (Fsp3) is 0.571. The maximum Gasteiger partial charge on any atom is 0.307 e. The molecule has 2 atom stereocenters. The van der Waals surface area contributed by atoms with Crippen LogP contribution in [0, 0.1) is 11.3 Å². The standard InChI is InChI=1S/C21H30O5/c1-16(10-11-18(23)24)12-21(15-22,13-17-8-6-5-7-9-17)14-19(25)26-20(2,3)4/h5-9,15-16H,10-14H2,1-4H3,(H,23,24)/t16-,21+/m0/s1. The third kappa shape index (κ3) is 8.28. The number of aliphatic carboxylic acids is 1. The average Bonchev–Trinajstić information content (AvgIpc) is 2.51. The highest BCUT2D eigenvalue weighted by molar-refractivity contribution is 5.76. The minimum atomic E-state index is -0.901. The summed E-state index contributed by atoms with van der Waals surface area (Å²) in [7, 11) is 0. The fourth-order valence-electron chi connectivity index (χ4n) is 3.17. The van der Waals surface area contributed by atoms with Gasteiger partial charge < -0.3 is 14.6 Å². The highest BCUT2D eigenvalue weighted by Crippen LogP contribution is 2.35. The molecule has 1 N–H and O–H groups in total. The molecule has 1 aromatic rings. The molecule has 5 heteroatoms. The molecule has 0 aliphatic heterocycles. The summed E-state index contributed by atoms with van der Waals surface area (Å²) in [6.07, 6.45) is 2.22. The third-order valence-electron chi connectivity index (χ3n) is 4.17. The van der Waals surface area contributed by atoms with Crippen LogP contribution >= 0.6 is 0 Å². The summed E-state index contributed by atoms with van der Waals surface area (Å²) in [6.45, 7) is 7.29. The lowest BCUT2D eigenvalue weighted by Gasteiger charge is -2.31. The number of carbonyl (C=O) groups is 3. The van der Waals surface area contributed by atoms with Crippen molar-refractivity contribution in [3.63, 3.8) is 0 Å². The maximum absolute atomic E-state index is 12.4. The van der Waals surface area contributed by atoms with E-state index < -0.39 is 23.0 Å². The van der Waals surface area contributed by atoms with Crippen molar-refractivity contribution in [2.24, 2.45) is 11.3 Å². The summed E-state index contributed by atoms with van der Waals surface area (Å²) >= 11 is 0. The quantitative estimate of drug-likeness (QED) is 0.502. The number of carboxylic acids is 1. The van der Waals surface area contributed by atoms with Crippen molar-refractivity contribution in [2.75, 3.05) is 0 Å². The first-order chi connectivity index (χ1) is 12.1. The monoisotopic (exact) mass is 362 g/mol. The van der Waals surface area contributed by atoms with Crippen molar-refractivity contribution in [3.05, 3.63) is 35.9 Å². The molecule has 144 valence electrons. The van der Waals surface area contributed by atoms with Crippen molar-refractivity contribution < 1.29 is 24.2 Å². The van der Waals surface area contributed by atoms with Crippen molar-refractivity contribution in [2.45, 2.75) is 65.4 Å². The predicted octanol–water partition coefficient (Wildman–Crippen LogP) is 4.04. The van der Waals surface area contributed by atoms with Crippen LogP contribution in [0.4, 0.5) is 0 Å². The molecule has 0 saturated heterocycles. The van der Waals surface area contributed by atoms with Gasteiger partial charge in [-0.25, -0.2) is 0 Å².